The highest BCUT2D eigenvalue weighted by molar-refractivity contribution is 5.75. The molecule has 2 aromatic rings. The first-order chi connectivity index (χ1) is 13.2. The second-order valence-corrected chi connectivity index (χ2v) is 7.77. The molecule has 2 unspecified atom stereocenters. The van der Waals surface area contributed by atoms with Gasteiger partial charge in [-0.3, -0.25) is 9.69 Å². The Balaban J connectivity index is 1.55. The fourth-order valence-corrected chi connectivity index (χ4v) is 4.88. The van der Waals surface area contributed by atoms with Crippen LogP contribution >= 0.6 is 0 Å². The first kappa shape index (κ1) is 18.0. The van der Waals surface area contributed by atoms with Gasteiger partial charge in [-0.25, -0.2) is 0 Å². The third-order valence-corrected chi connectivity index (χ3v) is 6.37. The van der Waals surface area contributed by atoms with Crippen molar-refractivity contribution in [3.63, 3.8) is 0 Å². The van der Waals surface area contributed by atoms with E-state index in [9.17, 15) is 4.79 Å². The van der Waals surface area contributed by atoms with E-state index in [1.807, 2.05) is 18.2 Å². The summed E-state index contributed by atoms with van der Waals surface area (Å²) >= 11 is 0. The van der Waals surface area contributed by atoms with Gasteiger partial charge in [-0.2, -0.15) is 0 Å². The van der Waals surface area contributed by atoms with Crippen LogP contribution in [0.1, 0.15) is 41.9 Å². The number of hydrogen-bond acceptors (Lipinski definition) is 3. The number of carbonyl (C=O) groups is 1. The molecule has 2 heterocycles. The molecule has 2 saturated heterocycles. The number of ether oxygens (including phenoxy) is 1. The van der Waals surface area contributed by atoms with Gasteiger partial charge in [-0.05, 0) is 43.0 Å². The van der Waals surface area contributed by atoms with Crippen molar-refractivity contribution >= 4 is 18.1 Å². The van der Waals surface area contributed by atoms with Crippen molar-refractivity contribution in [1.29, 1.82) is 0 Å². The molecule has 0 aromatic heterocycles. The Kier molecular flexibility index (Phi) is 5.13. The predicted molar refractivity (Wildman–Crippen MR) is 109 cm³/mol. The molecule has 4 rings (SSSR count). The number of methoxy groups -OCH3 is 1. The standard InChI is InChI=1S/C24H27NO2/c1-25-20-14-15-22(25)23(24(26)27-2)21(16-20)19-12-10-18(11-13-19)9-8-17-6-4-3-5-7-17/h3-13,20-23H,14-16H2,1-2H3/b9-8+/t20-,21-,22?,23?/m1/s1. The molecule has 0 amide bonds. The Labute approximate surface area is 161 Å². The highest BCUT2D eigenvalue weighted by Crippen LogP contribution is 2.46. The van der Waals surface area contributed by atoms with Crippen molar-refractivity contribution in [2.75, 3.05) is 14.2 Å². The molecule has 0 aliphatic carbocycles. The van der Waals surface area contributed by atoms with Crippen molar-refractivity contribution in [1.82, 2.24) is 4.90 Å². The fraction of sp³-hybridized carbons (Fsp3) is 0.375. The zero-order valence-corrected chi connectivity index (χ0v) is 16.0. The fourth-order valence-electron chi connectivity index (χ4n) is 4.88. The third kappa shape index (κ3) is 3.57. The van der Waals surface area contributed by atoms with Gasteiger partial charge in [-0.15, -0.1) is 0 Å². The maximum atomic E-state index is 12.6. The van der Waals surface area contributed by atoms with Crippen LogP contribution in [0.5, 0.6) is 0 Å². The van der Waals surface area contributed by atoms with Gasteiger partial charge in [0.1, 0.15) is 0 Å². The molecule has 2 aliphatic rings. The largest absolute Gasteiger partial charge is 0.469 e. The third-order valence-electron chi connectivity index (χ3n) is 6.37. The summed E-state index contributed by atoms with van der Waals surface area (Å²) in [7, 11) is 3.67. The summed E-state index contributed by atoms with van der Waals surface area (Å²) in [5.74, 6) is 0.119. The van der Waals surface area contributed by atoms with Gasteiger partial charge in [0.05, 0.1) is 13.0 Å². The van der Waals surface area contributed by atoms with Crippen LogP contribution in [-0.4, -0.2) is 37.1 Å². The molecule has 2 aromatic carbocycles. The van der Waals surface area contributed by atoms with E-state index in [0.717, 1.165) is 12.8 Å². The Morgan fingerprint density at radius 2 is 1.67 bits per heavy atom. The number of piperidine rings is 1. The second kappa shape index (κ2) is 7.69. The van der Waals surface area contributed by atoms with E-state index in [2.05, 4.69) is 60.5 Å². The molecule has 2 aliphatic heterocycles. The van der Waals surface area contributed by atoms with E-state index in [1.54, 1.807) is 0 Å². The molecule has 27 heavy (non-hydrogen) atoms. The Morgan fingerprint density at radius 3 is 2.33 bits per heavy atom. The molecule has 3 heteroatoms. The quantitative estimate of drug-likeness (QED) is 0.589. The number of nitrogens with zero attached hydrogens (tertiary/aromatic N) is 1. The van der Waals surface area contributed by atoms with Crippen molar-refractivity contribution < 1.29 is 9.53 Å². The number of hydrogen-bond donors (Lipinski definition) is 0. The van der Waals surface area contributed by atoms with E-state index in [0.29, 0.717) is 12.1 Å². The minimum atomic E-state index is -0.0653. The van der Waals surface area contributed by atoms with E-state index in [1.165, 1.54) is 30.2 Å². The second-order valence-electron chi connectivity index (χ2n) is 7.77. The molecular formula is C24H27NO2. The number of fused-ring (bicyclic) bond motifs is 2. The summed E-state index contributed by atoms with van der Waals surface area (Å²) < 4.78 is 5.17. The smallest absolute Gasteiger partial charge is 0.310 e. The molecular weight excluding hydrogens is 334 g/mol. The lowest BCUT2D eigenvalue weighted by atomic mass is 9.76. The van der Waals surface area contributed by atoms with Crippen LogP contribution < -0.4 is 0 Å². The first-order valence-electron chi connectivity index (χ1n) is 9.80. The summed E-state index contributed by atoms with van der Waals surface area (Å²) in [4.78, 5) is 14.9. The molecule has 3 nitrogen and oxygen atoms in total. The number of benzene rings is 2. The Morgan fingerprint density at radius 1 is 1.00 bits per heavy atom. The van der Waals surface area contributed by atoms with Gasteiger partial charge < -0.3 is 4.74 Å². The van der Waals surface area contributed by atoms with Gasteiger partial charge in [0, 0.05) is 18.0 Å². The van der Waals surface area contributed by atoms with Crippen LogP contribution in [0.15, 0.2) is 54.6 Å². The van der Waals surface area contributed by atoms with Crippen LogP contribution in [0.4, 0.5) is 0 Å². The SMILES string of the molecule is COC(=O)C1C2CC[C@H](C[C@@H]1c1ccc(/C=C/c3ccccc3)cc1)N2C. The predicted octanol–water partition coefficient (Wildman–Crippen LogP) is 4.60. The summed E-state index contributed by atoms with van der Waals surface area (Å²) in [6.07, 6.45) is 7.57. The van der Waals surface area contributed by atoms with Crippen molar-refractivity contribution in [2.24, 2.45) is 5.92 Å². The van der Waals surface area contributed by atoms with Crippen molar-refractivity contribution in [3.8, 4) is 0 Å². The van der Waals surface area contributed by atoms with Crippen LogP contribution in [0.2, 0.25) is 0 Å². The average molecular weight is 361 g/mol. The molecule has 0 spiro atoms. The normalized spacial score (nSPS) is 27.8. The zero-order valence-electron chi connectivity index (χ0n) is 16.0. The number of rotatable bonds is 4. The summed E-state index contributed by atoms with van der Waals surface area (Å²) in [5.41, 5.74) is 3.62. The summed E-state index contributed by atoms with van der Waals surface area (Å²) in [5, 5.41) is 0. The van der Waals surface area contributed by atoms with Gasteiger partial charge in [0.2, 0.25) is 0 Å². The molecule has 0 saturated carbocycles. The van der Waals surface area contributed by atoms with Crippen molar-refractivity contribution in [2.45, 2.75) is 37.3 Å². The molecule has 2 fully saturated rings. The molecule has 4 atom stereocenters. The lowest BCUT2D eigenvalue weighted by Crippen LogP contribution is -2.49. The molecule has 0 radical (unpaired) electrons. The van der Waals surface area contributed by atoms with E-state index in [4.69, 9.17) is 4.74 Å². The monoisotopic (exact) mass is 361 g/mol. The Bertz CT molecular complexity index is 812. The van der Waals surface area contributed by atoms with E-state index < -0.39 is 0 Å². The van der Waals surface area contributed by atoms with Crippen molar-refractivity contribution in [3.05, 3.63) is 71.3 Å². The van der Waals surface area contributed by atoms with Crippen LogP contribution in [0, 0.1) is 5.92 Å². The zero-order chi connectivity index (χ0) is 18.8. The highest BCUT2D eigenvalue weighted by atomic mass is 16.5. The minimum Gasteiger partial charge on any atom is -0.469 e. The highest BCUT2D eigenvalue weighted by Gasteiger charge is 2.49. The summed E-state index contributed by atoms with van der Waals surface area (Å²) in [6, 6.07) is 19.9. The van der Waals surface area contributed by atoms with Gasteiger partial charge in [0.15, 0.2) is 0 Å². The minimum absolute atomic E-state index is 0.0646. The first-order valence-corrected chi connectivity index (χ1v) is 9.80. The van der Waals surface area contributed by atoms with Gasteiger partial charge in [0.25, 0.3) is 0 Å². The molecule has 0 N–H and O–H groups in total. The lowest BCUT2D eigenvalue weighted by Gasteiger charge is -2.41. The van der Waals surface area contributed by atoms with Gasteiger partial charge >= 0.3 is 5.97 Å². The molecule has 140 valence electrons. The van der Waals surface area contributed by atoms with Crippen LogP contribution in [-0.2, 0) is 9.53 Å². The average Bonchev–Trinajstić information content (AvgIpc) is 2.95. The lowest BCUT2D eigenvalue weighted by molar-refractivity contribution is -0.150. The maximum Gasteiger partial charge on any atom is 0.310 e. The topological polar surface area (TPSA) is 29.5 Å². The summed E-state index contributed by atoms with van der Waals surface area (Å²) in [6.45, 7) is 0. The maximum absolute atomic E-state index is 12.6. The van der Waals surface area contributed by atoms with E-state index in [-0.39, 0.29) is 17.8 Å². The van der Waals surface area contributed by atoms with Crippen LogP contribution in [0.3, 0.4) is 0 Å². The van der Waals surface area contributed by atoms with Gasteiger partial charge in [-0.1, -0.05) is 66.7 Å². The number of carbonyl (C=O) groups excluding carboxylic acids is 1. The molecule has 2 bridgehead atoms. The Hall–Kier alpha value is -2.39. The van der Waals surface area contributed by atoms with Crippen LogP contribution in [0.25, 0.3) is 12.2 Å². The number of esters is 1. The van der Waals surface area contributed by atoms with E-state index >= 15 is 0 Å².